The molecule has 4 unspecified atom stereocenters. The molecule has 0 aromatic rings. The smallest absolute Gasteiger partial charge is 0.138 e. The number of hydrogen-bond donors (Lipinski definition) is 0. The minimum absolute atomic E-state index is 0.108. The molecule has 0 radical (unpaired) electrons. The van der Waals surface area contributed by atoms with Gasteiger partial charge in [-0.25, -0.2) is 0 Å². The second kappa shape index (κ2) is 5.67. The van der Waals surface area contributed by atoms with Gasteiger partial charge in [-0.2, -0.15) is 0 Å². The summed E-state index contributed by atoms with van der Waals surface area (Å²) in [5.74, 6) is 3.89. The molecule has 0 bridgehead atoms. The van der Waals surface area contributed by atoms with Crippen molar-refractivity contribution in [2.45, 2.75) is 112 Å². The normalized spacial score (nSPS) is 57.7. The maximum atomic E-state index is 12.8. The van der Waals surface area contributed by atoms with Crippen molar-refractivity contribution in [3.63, 3.8) is 0 Å². The highest BCUT2D eigenvalue weighted by molar-refractivity contribution is 5.85. The average Bonchev–Trinajstić information content (AvgIpc) is 3.01. The van der Waals surface area contributed by atoms with E-state index in [1.54, 1.807) is 0 Å². The van der Waals surface area contributed by atoms with E-state index in [-0.39, 0.29) is 5.41 Å². The fraction of sp³-hybridized carbons (Fsp3) is 0.963. The van der Waals surface area contributed by atoms with Crippen LogP contribution < -0.4 is 0 Å². The first-order chi connectivity index (χ1) is 13.0. The zero-order chi connectivity index (χ0) is 20.2. The molecule has 0 aliphatic heterocycles. The van der Waals surface area contributed by atoms with Crippen LogP contribution in [0.3, 0.4) is 0 Å². The highest BCUT2D eigenvalue weighted by atomic mass is 16.1. The van der Waals surface area contributed by atoms with Gasteiger partial charge in [-0.3, -0.25) is 4.79 Å². The average molecular weight is 385 g/mol. The van der Waals surface area contributed by atoms with Crippen molar-refractivity contribution in [1.82, 2.24) is 0 Å². The lowest BCUT2D eigenvalue weighted by Gasteiger charge is -2.72. The number of hydrogen-bond acceptors (Lipinski definition) is 1. The lowest BCUT2D eigenvalue weighted by Crippen LogP contribution is -2.65. The van der Waals surface area contributed by atoms with Gasteiger partial charge in [0, 0.05) is 11.8 Å². The molecule has 0 aromatic carbocycles. The van der Waals surface area contributed by atoms with E-state index in [9.17, 15) is 4.79 Å². The van der Waals surface area contributed by atoms with Gasteiger partial charge in [0.25, 0.3) is 0 Å². The van der Waals surface area contributed by atoms with Gasteiger partial charge in [0.15, 0.2) is 0 Å². The lowest BCUT2D eigenvalue weighted by atomic mass is 9.32. The maximum absolute atomic E-state index is 12.8. The molecule has 0 saturated heterocycles. The van der Waals surface area contributed by atoms with Crippen molar-refractivity contribution < 1.29 is 4.79 Å². The molecule has 5 aliphatic carbocycles. The molecule has 5 rings (SSSR count). The highest BCUT2D eigenvalue weighted by Gasteiger charge is 2.69. The first-order valence-corrected chi connectivity index (χ1v) is 12.5. The van der Waals surface area contributed by atoms with E-state index < -0.39 is 0 Å². The molecule has 1 heteroatoms. The first kappa shape index (κ1) is 19.6. The van der Waals surface area contributed by atoms with E-state index in [2.05, 4.69) is 41.5 Å². The molecule has 0 aromatic heterocycles. The van der Waals surface area contributed by atoms with Gasteiger partial charge in [0.2, 0.25) is 0 Å². The molecular formula is C27H44O. The van der Waals surface area contributed by atoms with E-state index in [1.807, 2.05) is 0 Å². The van der Waals surface area contributed by atoms with Crippen LogP contribution in [0.5, 0.6) is 0 Å². The highest BCUT2D eigenvalue weighted by Crippen LogP contribution is 2.76. The summed E-state index contributed by atoms with van der Waals surface area (Å²) in [4.78, 5) is 12.8. The van der Waals surface area contributed by atoms with Crippen molar-refractivity contribution in [3.05, 3.63) is 0 Å². The minimum atomic E-state index is -0.108. The Morgan fingerprint density at radius 1 is 0.679 bits per heavy atom. The Bertz CT molecular complexity index is 692. The van der Waals surface area contributed by atoms with Crippen LogP contribution in [0.2, 0.25) is 0 Å². The quantitative estimate of drug-likeness (QED) is 0.424. The Labute approximate surface area is 173 Å². The summed E-state index contributed by atoms with van der Waals surface area (Å²) in [7, 11) is 0. The van der Waals surface area contributed by atoms with Crippen molar-refractivity contribution in [2.75, 3.05) is 0 Å². The monoisotopic (exact) mass is 384 g/mol. The summed E-state index contributed by atoms with van der Waals surface area (Å²) in [6.07, 6.45) is 14.9. The van der Waals surface area contributed by atoms with Crippen LogP contribution >= 0.6 is 0 Å². The van der Waals surface area contributed by atoms with Gasteiger partial charge in [0.05, 0.1) is 0 Å². The van der Waals surface area contributed by atoms with Gasteiger partial charge < -0.3 is 0 Å². The Balaban J connectivity index is 1.54. The molecule has 1 nitrogen and oxygen atoms in total. The van der Waals surface area contributed by atoms with E-state index in [1.165, 1.54) is 57.8 Å². The Kier molecular flexibility index (Phi) is 3.97. The van der Waals surface area contributed by atoms with E-state index in [0.29, 0.717) is 33.4 Å². The van der Waals surface area contributed by atoms with Crippen LogP contribution in [0.25, 0.3) is 0 Å². The predicted molar refractivity (Wildman–Crippen MR) is 116 cm³/mol. The molecule has 5 aliphatic rings. The summed E-state index contributed by atoms with van der Waals surface area (Å²) >= 11 is 0. The van der Waals surface area contributed by atoms with E-state index in [0.717, 1.165) is 30.6 Å². The Hall–Kier alpha value is -0.330. The molecule has 0 heterocycles. The van der Waals surface area contributed by atoms with Crippen LogP contribution in [0.15, 0.2) is 0 Å². The number of Topliss-reactive ketones (excluding diaryl/α,β-unsaturated/α-hetero) is 1. The van der Waals surface area contributed by atoms with Gasteiger partial charge in [-0.1, -0.05) is 48.0 Å². The van der Waals surface area contributed by atoms with Crippen LogP contribution in [0, 0.1) is 50.7 Å². The molecule has 0 spiro atoms. The van der Waals surface area contributed by atoms with Crippen molar-refractivity contribution >= 4 is 5.78 Å². The number of carbonyl (C=O) groups excluding carboxylic acids is 1. The van der Waals surface area contributed by atoms with Gasteiger partial charge in [0.1, 0.15) is 5.78 Å². The van der Waals surface area contributed by atoms with Crippen LogP contribution in [-0.2, 0) is 4.79 Å². The van der Waals surface area contributed by atoms with Gasteiger partial charge in [-0.15, -0.1) is 0 Å². The molecule has 5 saturated carbocycles. The van der Waals surface area contributed by atoms with Crippen LogP contribution in [0.1, 0.15) is 112 Å². The summed E-state index contributed by atoms with van der Waals surface area (Å²) in [6, 6.07) is 0. The van der Waals surface area contributed by atoms with E-state index in [4.69, 9.17) is 0 Å². The van der Waals surface area contributed by atoms with Crippen molar-refractivity contribution in [1.29, 1.82) is 0 Å². The molecule has 0 N–H and O–H groups in total. The largest absolute Gasteiger partial charge is 0.299 e. The second-order valence-electron chi connectivity index (χ2n) is 13.5. The molecule has 28 heavy (non-hydrogen) atoms. The van der Waals surface area contributed by atoms with E-state index >= 15 is 0 Å². The van der Waals surface area contributed by atoms with Crippen LogP contribution in [0.4, 0.5) is 0 Å². The molecule has 158 valence electrons. The number of fused-ring (bicyclic) bond motifs is 7. The number of rotatable bonds is 0. The fourth-order valence-electron chi connectivity index (χ4n) is 10.7. The predicted octanol–water partition coefficient (Wildman–Crippen LogP) is 7.43. The maximum Gasteiger partial charge on any atom is 0.138 e. The molecule has 8 atom stereocenters. The fourth-order valence-corrected chi connectivity index (χ4v) is 10.7. The Morgan fingerprint density at radius 2 is 1.43 bits per heavy atom. The van der Waals surface area contributed by atoms with Crippen molar-refractivity contribution in [2.24, 2.45) is 50.7 Å². The lowest BCUT2D eigenvalue weighted by molar-refractivity contribution is -0.230. The third-order valence-electron chi connectivity index (χ3n) is 12.5. The topological polar surface area (TPSA) is 17.1 Å². The summed E-state index contributed by atoms with van der Waals surface area (Å²) in [6.45, 7) is 15.2. The second-order valence-corrected chi connectivity index (χ2v) is 13.5. The summed E-state index contributed by atoms with van der Waals surface area (Å²) < 4.78 is 0. The first-order valence-electron chi connectivity index (χ1n) is 12.5. The Morgan fingerprint density at radius 3 is 2.18 bits per heavy atom. The molecular weight excluding hydrogens is 340 g/mol. The summed E-state index contributed by atoms with van der Waals surface area (Å²) in [5.41, 5.74) is 1.90. The number of ketones is 1. The third kappa shape index (κ3) is 2.13. The summed E-state index contributed by atoms with van der Waals surface area (Å²) in [5, 5.41) is 0. The van der Waals surface area contributed by atoms with Crippen LogP contribution in [-0.4, -0.2) is 5.78 Å². The van der Waals surface area contributed by atoms with Crippen molar-refractivity contribution in [3.8, 4) is 0 Å². The van der Waals surface area contributed by atoms with Gasteiger partial charge in [-0.05, 0) is 103 Å². The molecule has 5 fully saturated rings. The zero-order valence-corrected chi connectivity index (χ0v) is 19.5. The van der Waals surface area contributed by atoms with Gasteiger partial charge >= 0.3 is 0 Å². The third-order valence-corrected chi connectivity index (χ3v) is 12.5. The minimum Gasteiger partial charge on any atom is -0.299 e. The standard InChI is InChI=1S/C27H44O/c1-23(2)20-11-15-27(6)21(25(20,4)14-12-22(23)28)10-9-19-18-8-7-13-24(18,3)16-17-26(19,27)5/h18-21H,7-17H2,1-6H3/t18?,19?,20?,21?,24-,25+,26-,27-/m1/s1. The SMILES string of the molecule is CC1(C)C(=O)CC[C@@]2(C)C1CC[C@]1(C)C2CCC2C3CCC[C@]3(C)CC[C@]21C. The zero-order valence-electron chi connectivity index (χ0n) is 19.5. The molecule has 0 amide bonds. The number of carbonyl (C=O) groups is 1.